The van der Waals surface area contributed by atoms with Crippen LogP contribution >= 0.6 is 11.8 Å². The van der Waals surface area contributed by atoms with Crippen molar-refractivity contribution in [3.8, 4) is 0 Å². The first-order valence-corrected chi connectivity index (χ1v) is 11.1. The molecule has 0 atom stereocenters. The molecule has 2 aliphatic heterocycles. The van der Waals surface area contributed by atoms with Crippen LogP contribution in [0.1, 0.15) is 41.4 Å². The minimum absolute atomic E-state index is 0.0894. The summed E-state index contributed by atoms with van der Waals surface area (Å²) in [6, 6.07) is 5.83. The Bertz CT molecular complexity index is 979. The average Bonchev–Trinajstić information content (AvgIpc) is 3.18. The molecule has 29 heavy (non-hydrogen) atoms. The van der Waals surface area contributed by atoms with Crippen molar-refractivity contribution in [3.05, 3.63) is 57.3 Å². The summed E-state index contributed by atoms with van der Waals surface area (Å²) in [4.78, 5) is 32.6. The molecule has 3 heterocycles. The molecule has 1 saturated heterocycles. The van der Waals surface area contributed by atoms with Crippen LogP contribution in [-0.4, -0.2) is 45.6 Å². The van der Waals surface area contributed by atoms with Gasteiger partial charge in [-0.15, -0.1) is 0 Å². The Morgan fingerprint density at radius 3 is 2.59 bits per heavy atom. The van der Waals surface area contributed by atoms with E-state index in [2.05, 4.69) is 9.88 Å². The van der Waals surface area contributed by atoms with Gasteiger partial charge in [0.2, 0.25) is 0 Å². The Morgan fingerprint density at radius 1 is 1.21 bits per heavy atom. The molecular weight excluding hydrogens is 389 g/mol. The summed E-state index contributed by atoms with van der Waals surface area (Å²) < 4.78 is 14.9. The van der Waals surface area contributed by atoms with Crippen molar-refractivity contribution in [2.75, 3.05) is 25.4 Å². The van der Waals surface area contributed by atoms with Crippen molar-refractivity contribution in [1.82, 2.24) is 14.5 Å². The number of fused-ring (bicyclic) bond motifs is 1. The number of thioether (sulfide) groups is 1. The van der Waals surface area contributed by atoms with Crippen molar-refractivity contribution < 1.29 is 9.18 Å². The number of ketones is 1. The predicted molar refractivity (Wildman–Crippen MR) is 112 cm³/mol. The molecule has 0 saturated carbocycles. The molecule has 0 N–H and O–H groups in total. The molecular formula is C22H26FN3O2S. The van der Waals surface area contributed by atoms with Gasteiger partial charge < -0.3 is 4.90 Å². The molecule has 154 valence electrons. The first-order valence-electron chi connectivity index (χ1n) is 10.1. The molecule has 2 aliphatic rings. The predicted octanol–water partition coefficient (Wildman–Crippen LogP) is 3.32. The lowest BCUT2D eigenvalue weighted by Gasteiger charge is -2.38. The molecule has 0 amide bonds. The topological polar surface area (TPSA) is 55.2 Å². The number of likely N-dealkylation sites (tertiary alicyclic amines) is 1. The van der Waals surface area contributed by atoms with Gasteiger partial charge in [-0.25, -0.2) is 9.37 Å². The maximum atomic E-state index is 13.1. The quantitative estimate of drug-likeness (QED) is 0.554. The number of hydrogen-bond donors (Lipinski definition) is 0. The van der Waals surface area contributed by atoms with Crippen LogP contribution in [0.5, 0.6) is 0 Å². The fourth-order valence-corrected chi connectivity index (χ4v) is 5.20. The van der Waals surface area contributed by atoms with Gasteiger partial charge in [-0.05, 0) is 63.5 Å². The van der Waals surface area contributed by atoms with Gasteiger partial charge in [-0.2, -0.15) is 0 Å². The number of Topliss-reactive ketones (excluding diaryl/α,β-unsaturated/α-hetero) is 1. The van der Waals surface area contributed by atoms with Gasteiger partial charge in [-0.1, -0.05) is 18.7 Å². The van der Waals surface area contributed by atoms with E-state index in [4.69, 9.17) is 0 Å². The maximum Gasteiger partial charge on any atom is 0.257 e. The van der Waals surface area contributed by atoms with Crippen LogP contribution in [0.25, 0.3) is 0 Å². The Morgan fingerprint density at radius 2 is 1.90 bits per heavy atom. The van der Waals surface area contributed by atoms with Crippen molar-refractivity contribution in [2.24, 2.45) is 5.41 Å². The summed E-state index contributed by atoms with van der Waals surface area (Å²) in [5.74, 6) is 0.677. The highest BCUT2D eigenvalue weighted by atomic mass is 32.2. The van der Waals surface area contributed by atoms with Crippen LogP contribution in [0.15, 0.2) is 34.2 Å². The zero-order valence-electron chi connectivity index (χ0n) is 16.9. The molecule has 1 aromatic heterocycles. The molecule has 0 bridgehead atoms. The van der Waals surface area contributed by atoms with E-state index in [1.807, 2.05) is 13.8 Å². The third-order valence-corrected chi connectivity index (χ3v) is 7.23. The minimum Gasteiger partial charge on any atom is -0.303 e. The van der Waals surface area contributed by atoms with Crippen LogP contribution in [0.3, 0.4) is 0 Å². The Kier molecular flexibility index (Phi) is 5.62. The SMILES string of the molecule is Cc1nc2n(c(=O)c1CCN1CCC(C)(C(=O)c3ccc(F)cc3)CC1)CCS2. The number of carbonyl (C=O) groups is 1. The van der Waals surface area contributed by atoms with Crippen LogP contribution in [0, 0.1) is 18.2 Å². The molecule has 2 aromatic rings. The zero-order chi connectivity index (χ0) is 20.6. The molecule has 5 nitrogen and oxygen atoms in total. The second kappa shape index (κ2) is 8.03. The van der Waals surface area contributed by atoms with E-state index in [-0.39, 0.29) is 17.2 Å². The lowest BCUT2D eigenvalue weighted by Crippen LogP contribution is -2.43. The van der Waals surface area contributed by atoms with Gasteiger partial charge >= 0.3 is 0 Å². The van der Waals surface area contributed by atoms with E-state index in [0.717, 1.165) is 61.2 Å². The first-order chi connectivity index (χ1) is 13.9. The Labute approximate surface area is 174 Å². The summed E-state index contributed by atoms with van der Waals surface area (Å²) in [6.45, 7) is 7.10. The number of piperidine rings is 1. The number of halogens is 1. The third kappa shape index (κ3) is 4.03. The van der Waals surface area contributed by atoms with Crippen molar-refractivity contribution >= 4 is 17.5 Å². The second-order valence-electron chi connectivity index (χ2n) is 8.25. The van der Waals surface area contributed by atoms with E-state index in [1.165, 1.54) is 12.1 Å². The number of benzene rings is 1. The highest BCUT2D eigenvalue weighted by Gasteiger charge is 2.37. The largest absolute Gasteiger partial charge is 0.303 e. The molecule has 7 heteroatoms. The zero-order valence-corrected chi connectivity index (χ0v) is 17.7. The van der Waals surface area contributed by atoms with Crippen molar-refractivity contribution in [3.63, 3.8) is 0 Å². The number of nitrogens with zero attached hydrogens (tertiary/aromatic N) is 3. The molecule has 0 radical (unpaired) electrons. The highest BCUT2D eigenvalue weighted by molar-refractivity contribution is 7.99. The first kappa shape index (κ1) is 20.3. The van der Waals surface area contributed by atoms with Gasteiger partial charge in [0, 0.05) is 41.1 Å². The third-order valence-electron chi connectivity index (χ3n) is 6.27. The molecule has 1 fully saturated rings. The molecule has 1 aromatic carbocycles. The Hall–Kier alpha value is -1.99. The molecule has 0 spiro atoms. The van der Waals surface area contributed by atoms with Crippen LogP contribution in [0.2, 0.25) is 0 Å². The number of hydrogen-bond acceptors (Lipinski definition) is 5. The van der Waals surface area contributed by atoms with Crippen molar-refractivity contribution in [1.29, 1.82) is 0 Å². The normalized spacial score (nSPS) is 18.6. The summed E-state index contributed by atoms with van der Waals surface area (Å²) in [6.07, 6.45) is 2.21. The van der Waals surface area contributed by atoms with Crippen LogP contribution < -0.4 is 5.56 Å². The van der Waals surface area contributed by atoms with Gasteiger partial charge in [-0.3, -0.25) is 14.2 Å². The van der Waals surface area contributed by atoms with Gasteiger partial charge in [0.05, 0.1) is 0 Å². The van der Waals surface area contributed by atoms with E-state index >= 15 is 0 Å². The van der Waals surface area contributed by atoms with Gasteiger partial charge in [0.25, 0.3) is 5.56 Å². The summed E-state index contributed by atoms with van der Waals surface area (Å²) in [7, 11) is 0. The minimum atomic E-state index is -0.420. The van der Waals surface area contributed by atoms with E-state index in [0.29, 0.717) is 12.0 Å². The highest BCUT2D eigenvalue weighted by Crippen LogP contribution is 2.34. The smallest absolute Gasteiger partial charge is 0.257 e. The number of aryl methyl sites for hydroxylation is 1. The molecule has 0 aliphatic carbocycles. The van der Waals surface area contributed by atoms with Crippen LogP contribution in [-0.2, 0) is 13.0 Å². The number of aromatic nitrogens is 2. The summed E-state index contributed by atoms with van der Waals surface area (Å²) >= 11 is 1.64. The van der Waals surface area contributed by atoms with E-state index < -0.39 is 5.41 Å². The summed E-state index contributed by atoms with van der Waals surface area (Å²) in [5, 5.41) is 0.837. The second-order valence-corrected chi connectivity index (χ2v) is 9.31. The van der Waals surface area contributed by atoms with Gasteiger partial charge in [0.1, 0.15) is 5.82 Å². The maximum absolute atomic E-state index is 13.1. The lowest BCUT2D eigenvalue weighted by molar-refractivity contribution is 0.0647. The average molecular weight is 416 g/mol. The fraction of sp³-hybridized carbons (Fsp3) is 0.500. The fourth-order valence-electron chi connectivity index (χ4n) is 4.22. The lowest BCUT2D eigenvalue weighted by atomic mass is 9.74. The Balaban J connectivity index is 1.38. The number of carbonyl (C=O) groups excluding carboxylic acids is 1. The van der Waals surface area contributed by atoms with E-state index in [9.17, 15) is 14.0 Å². The van der Waals surface area contributed by atoms with Crippen LogP contribution in [0.4, 0.5) is 4.39 Å². The van der Waals surface area contributed by atoms with E-state index in [1.54, 1.807) is 28.5 Å². The molecule has 4 rings (SSSR count). The van der Waals surface area contributed by atoms with Gasteiger partial charge in [0.15, 0.2) is 10.9 Å². The summed E-state index contributed by atoms with van der Waals surface area (Å²) in [5.41, 5.74) is 1.91. The standard InChI is InChI=1S/C22H26FN3O2S/c1-15-18(20(28)26-13-14-29-21(26)24-15)7-10-25-11-8-22(2,9-12-25)19(27)16-3-5-17(23)6-4-16/h3-6H,7-14H2,1-2H3. The molecule has 0 unspecified atom stereocenters. The van der Waals surface area contributed by atoms with Crippen molar-refractivity contribution in [2.45, 2.75) is 44.8 Å². The number of rotatable bonds is 5. The monoisotopic (exact) mass is 415 g/mol.